The first-order chi connectivity index (χ1) is 10.9. The van der Waals surface area contributed by atoms with E-state index in [1.165, 1.54) is 0 Å². The van der Waals surface area contributed by atoms with Crippen LogP contribution in [0.3, 0.4) is 0 Å². The quantitative estimate of drug-likeness (QED) is 0.801. The number of benzene rings is 1. The van der Waals surface area contributed by atoms with Crippen LogP contribution in [-0.2, 0) is 7.05 Å². The maximum atomic E-state index is 12.5. The Bertz CT molecular complexity index is 720. The van der Waals surface area contributed by atoms with Crippen LogP contribution < -0.4 is 5.32 Å². The molecule has 1 atom stereocenters. The lowest BCUT2D eigenvalue weighted by molar-refractivity contribution is 0.0235. The summed E-state index contributed by atoms with van der Waals surface area (Å²) in [5, 5.41) is 26.7. The van der Waals surface area contributed by atoms with Crippen LogP contribution in [0.25, 0.3) is 0 Å². The number of aliphatic hydroxyl groups excluding tert-OH is 1. The van der Waals surface area contributed by atoms with Gasteiger partial charge in [-0.2, -0.15) is 5.10 Å². The number of hydrogen-bond acceptors (Lipinski definition) is 4. The molecule has 3 rings (SSSR count). The Morgan fingerprint density at radius 1 is 1.43 bits per heavy atom. The number of phenols is 1. The first-order valence-corrected chi connectivity index (χ1v) is 7.71. The number of aryl methyl sites for hydroxylation is 2. The Kier molecular flexibility index (Phi) is 4.09. The van der Waals surface area contributed by atoms with Gasteiger partial charge in [-0.15, -0.1) is 0 Å². The van der Waals surface area contributed by atoms with Gasteiger partial charge in [-0.25, -0.2) is 0 Å². The van der Waals surface area contributed by atoms with Crippen molar-refractivity contribution in [3.63, 3.8) is 0 Å². The number of nitrogens with one attached hydrogen (secondary N) is 1. The van der Waals surface area contributed by atoms with E-state index in [0.717, 1.165) is 11.1 Å². The van der Waals surface area contributed by atoms with Crippen LogP contribution in [0, 0.1) is 12.8 Å². The summed E-state index contributed by atoms with van der Waals surface area (Å²) in [4.78, 5) is 12.5. The maximum absolute atomic E-state index is 12.5. The number of rotatable bonds is 4. The molecule has 0 spiro atoms. The van der Waals surface area contributed by atoms with Crippen LogP contribution in [0.1, 0.15) is 40.4 Å². The van der Waals surface area contributed by atoms with Crippen molar-refractivity contribution in [2.75, 3.05) is 0 Å². The zero-order valence-corrected chi connectivity index (χ0v) is 13.2. The summed E-state index contributed by atoms with van der Waals surface area (Å²) in [6.07, 6.45) is 4.60. The van der Waals surface area contributed by atoms with E-state index in [-0.39, 0.29) is 35.3 Å². The molecule has 6 nitrogen and oxygen atoms in total. The van der Waals surface area contributed by atoms with Crippen LogP contribution in [-0.4, -0.2) is 32.0 Å². The summed E-state index contributed by atoms with van der Waals surface area (Å²) >= 11 is 0. The third kappa shape index (κ3) is 3.22. The fraction of sp³-hybridized carbons (Fsp3) is 0.412. The van der Waals surface area contributed by atoms with Crippen molar-refractivity contribution in [3.05, 3.63) is 47.3 Å². The normalized spacial score (nSPS) is 21.5. The van der Waals surface area contributed by atoms with Gasteiger partial charge in [-0.1, -0.05) is 6.07 Å². The first-order valence-electron chi connectivity index (χ1n) is 7.71. The second-order valence-electron chi connectivity index (χ2n) is 6.30. The summed E-state index contributed by atoms with van der Waals surface area (Å²) < 4.78 is 1.69. The number of carbonyl (C=O) groups is 1. The molecule has 0 saturated heterocycles. The van der Waals surface area contributed by atoms with E-state index in [1.54, 1.807) is 29.1 Å². The second-order valence-corrected chi connectivity index (χ2v) is 6.30. The minimum atomic E-state index is -0.322. The molecule has 0 aliphatic heterocycles. The first kappa shape index (κ1) is 15.6. The summed E-state index contributed by atoms with van der Waals surface area (Å²) in [7, 11) is 1.82. The average molecular weight is 315 g/mol. The molecular weight excluding hydrogens is 294 g/mol. The van der Waals surface area contributed by atoms with Crippen LogP contribution >= 0.6 is 0 Å². The third-order valence-corrected chi connectivity index (χ3v) is 4.39. The summed E-state index contributed by atoms with van der Waals surface area (Å²) in [5.41, 5.74) is 2.05. The third-order valence-electron chi connectivity index (χ3n) is 4.39. The number of phenolic OH excluding ortho intramolecular Hbond substituents is 1. The predicted molar refractivity (Wildman–Crippen MR) is 85.0 cm³/mol. The van der Waals surface area contributed by atoms with Crippen molar-refractivity contribution in [1.29, 1.82) is 0 Å². The summed E-state index contributed by atoms with van der Waals surface area (Å²) in [6.45, 7) is 1.86. The van der Waals surface area contributed by atoms with E-state index >= 15 is 0 Å². The molecule has 1 amide bonds. The highest BCUT2D eigenvalue weighted by molar-refractivity contribution is 5.97. The Balaban J connectivity index is 1.81. The van der Waals surface area contributed by atoms with Crippen molar-refractivity contribution in [1.82, 2.24) is 15.1 Å². The number of aliphatic hydroxyl groups is 1. The van der Waals surface area contributed by atoms with Crippen molar-refractivity contribution in [2.45, 2.75) is 31.9 Å². The Labute approximate surface area is 134 Å². The van der Waals surface area contributed by atoms with Crippen LogP contribution in [0.2, 0.25) is 0 Å². The molecule has 1 unspecified atom stereocenters. The van der Waals surface area contributed by atoms with Crippen molar-refractivity contribution in [2.24, 2.45) is 13.0 Å². The molecule has 1 aliphatic carbocycles. The molecule has 1 heterocycles. The van der Waals surface area contributed by atoms with E-state index in [4.69, 9.17) is 0 Å². The van der Waals surface area contributed by atoms with Crippen LogP contribution in [0.15, 0.2) is 30.6 Å². The molecule has 1 aromatic heterocycles. The molecule has 1 aromatic carbocycles. The van der Waals surface area contributed by atoms with Gasteiger partial charge in [0.2, 0.25) is 0 Å². The number of hydrogen-bond donors (Lipinski definition) is 3. The van der Waals surface area contributed by atoms with Crippen molar-refractivity contribution in [3.8, 4) is 5.75 Å². The average Bonchev–Trinajstić information content (AvgIpc) is 2.88. The monoisotopic (exact) mass is 315 g/mol. The summed E-state index contributed by atoms with van der Waals surface area (Å²) in [6, 6.07) is 4.76. The lowest BCUT2D eigenvalue weighted by Gasteiger charge is -2.37. The van der Waals surface area contributed by atoms with Gasteiger partial charge < -0.3 is 15.5 Å². The lowest BCUT2D eigenvalue weighted by Crippen LogP contribution is -2.41. The predicted octanol–water partition coefficient (Wildman–Crippen LogP) is 1.68. The SMILES string of the molecule is Cc1ccc(C(=O)NC(c2cnn(C)c2)C2CC(O)C2)c(O)c1. The largest absolute Gasteiger partial charge is 0.507 e. The van der Waals surface area contributed by atoms with Gasteiger partial charge in [-0.05, 0) is 43.4 Å². The van der Waals surface area contributed by atoms with Crippen molar-refractivity contribution >= 4 is 5.91 Å². The molecule has 2 aromatic rings. The Morgan fingerprint density at radius 3 is 2.74 bits per heavy atom. The van der Waals surface area contributed by atoms with Gasteiger partial charge in [0.25, 0.3) is 5.91 Å². The van der Waals surface area contributed by atoms with Gasteiger partial charge in [-0.3, -0.25) is 9.48 Å². The van der Waals surface area contributed by atoms with E-state index in [1.807, 2.05) is 20.2 Å². The van der Waals surface area contributed by atoms with Gasteiger partial charge >= 0.3 is 0 Å². The minimum Gasteiger partial charge on any atom is -0.507 e. The standard InChI is InChI=1S/C17H21N3O3/c1-10-3-4-14(15(22)5-10)17(23)19-16(11-6-13(21)7-11)12-8-18-20(2)9-12/h3-5,8-9,11,13,16,21-22H,6-7H2,1-2H3,(H,19,23). The molecule has 1 aliphatic rings. The van der Waals surface area contributed by atoms with E-state index in [0.29, 0.717) is 12.8 Å². The molecule has 6 heteroatoms. The fourth-order valence-corrected chi connectivity index (χ4v) is 3.03. The highest BCUT2D eigenvalue weighted by Gasteiger charge is 2.36. The number of aromatic hydroxyl groups is 1. The molecular formula is C17H21N3O3. The van der Waals surface area contributed by atoms with Crippen LogP contribution in [0.5, 0.6) is 5.75 Å². The van der Waals surface area contributed by atoms with Gasteiger partial charge in [0.05, 0.1) is 23.9 Å². The molecule has 122 valence electrons. The minimum absolute atomic E-state index is 0.0268. The van der Waals surface area contributed by atoms with E-state index < -0.39 is 0 Å². The van der Waals surface area contributed by atoms with Gasteiger partial charge in [0.1, 0.15) is 5.75 Å². The summed E-state index contributed by atoms with van der Waals surface area (Å²) in [5.74, 6) is -0.176. The topological polar surface area (TPSA) is 87.4 Å². The second kappa shape index (κ2) is 6.04. The molecule has 23 heavy (non-hydrogen) atoms. The smallest absolute Gasteiger partial charge is 0.255 e. The van der Waals surface area contributed by atoms with E-state index in [2.05, 4.69) is 10.4 Å². The highest BCUT2D eigenvalue weighted by Crippen LogP contribution is 2.38. The van der Waals surface area contributed by atoms with Crippen molar-refractivity contribution < 1.29 is 15.0 Å². The molecule has 0 radical (unpaired) electrons. The maximum Gasteiger partial charge on any atom is 0.255 e. The number of carbonyl (C=O) groups excluding carboxylic acids is 1. The Morgan fingerprint density at radius 2 is 2.17 bits per heavy atom. The molecule has 0 bridgehead atoms. The van der Waals surface area contributed by atoms with Gasteiger partial charge in [0, 0.05) is 18.8 Å². The fourth-order valence-electron chi connectivity index (χ4n) is 3.03. The number of nitrogens with zero attached hydrogens (tertiary/aromatic N) is 2. The number of amides is 1. The van der Waals surface area contributed by atoms with Crippen LogP contribution in [0.4, 0.5) is 0 Å². The number of aromatic nitrogens is 2. The Hall–Kier alpha value is -2.34. The van der Waals surface area contributed by atoms with Gasteiger partial charge in [0.15, 0.2) is 0 Å². The zero-order valence-electron chi connectivity index (χ0n) is 13.2. The van der Waals surface area contributed by atoms with E-state index in [9.17, 15) is 15.0 Å². The molecule has 3 N–H and O–H groups in total. The highest BCUT2D eigenvalue weighted by atomic mass is 16.3. The molecule has 1 fully saturated rings. The lowest BCUT2D eigenvalue weighted by atomic mass is 9.75. The zero-order chi connectivity index (χ0) is 16.6. The molecule has 1 saturated carbocycles.